The molecular weight excluding hydrogens is 314 g/mol. The Morgan fingerprint density at radius 1 is 1.48 bits per heavy atom. The van der Waals surface area contributed by atoms with Crippen molar-refractivity contribution in [2.45, 2.75) is 32.8 Å². The van der Waals surface area contributed by atoms with Crippen molar-refractivity contribution in [1.29, 1.82) is 0 Å². The molecule has 2 rings (SSSR count). The van der Waals surface area contributed by atoms with Crippen LogP contribution in [-0.4, -0.2) is 49.8 Å². The Bertz CT molecular complexity index is 507. The summed E-state index contributed by atoms with van der Waals surface area (Å²) in [6, 6.07) is 7.56. The number of halogens is 1. The van der Waals surface area contributed by atoms with Crippen molar-refractivity contribution in [2.75, 3.05) is 32.8 Å². The molecule has 1 aromatic rings. The highest BCUT2D eigenvalue weighted by atomic mass is 35.5. The van der Waals surface area contributed by atoms with Crippen molar-refractivity contribution in [3.63, 3.8) is 0 Å². The number of aryl methyl sites for hydroxylation is 1. The second-order valence-electron chi connectivity index (χ2n) is 6.46. The van der Waals surface area contributed by atoms with Gasteiger partial charge in [0, 0.05) is 31.1 Å². The van der Waals surface area contributed by atoms with Gasteiger partial charge in [-0.1, -0.05) is 37.6 Å². The van der Waals surface area contributed by atoms with Gasteiger partial charge in [-0.3, -0.25) is 9.69 Å². The van der Waals surface area contributed by atoms with Gasteiger partial charge in [-0.05, 0) is 30.0 Å². The lowest BCUT2D eigenvalue weighted by Crippen LogP contribution is -2.45. The van der Waals surface area contributed by atoms with E-state index in [-0.39, 0.29) is 12.1 Å². The Kier molecular flexibility index (Phi) is 7.34. The molecule has 4 nitrogen and oxygen atoms in total. The standard InChI is InChI=1S/C18H26ClNO3/c1-14(2)11-20-8-9-22-17(12-20)13-23-18(21)7-6-15-4-3-5-16(19)10-15/h3-5,10,14,17H,6-9,11-13H2,1-2H3. The summed E-state index contributed by atoms with van der Waals surface area (Å²) in [7, 11) is 0. The Morgan fingerprint density at radius 3 is 3.04 bits per heavy atom. The van der Waals surface area contributed by atoms with Crippen molar-refractivity contribution in [2.24, 2.45) is 5.92 Å². The van der Waals surface area contributed by atoms with E-state index in [1.807, 2.05) is 24.3 Å². The van der Waals surface area contributed by atoms with Gasteiger partial charge in [0.05, 0.1) is 6.61 Å². The van der Waals surface area contributed by atoms with Gasteiger partial charge in [0.2, 0.25) is 0 Å². The van der Waals surface area contributed by atoms with E-state index in [4.69, 9.17) is 21.1 Å². The number of hydrogen-bond acceptors (Lipinski definition) is 4. The molecular formula is C18H26ClNO3. The minimum Gasteiger partial charge on any atom is -0.463 e. The van der Waals surface area contributed by atoms with E-state index >= 15 is 0 Å². The third-order valence-corrected chi connectivity index (χ3v) is 4.02. The first-order valence-electron chi connectivity index (χ1n) is 8.27. The molecule has 1 saturated heterocycles. The van der Waals surface area contributed by atoms with Crippen LogP contribution in [0.25, 0.3) is 0 Å². The maximum atomic E-state index is 11.9. The SMILES string of the molecule is CC(C)CN1CCOC(COC(=O)CCc2cccc(Cl)c2)C1. The van der Waals surface area contributed by atoms with Crippen LogP contribution >= 0.6 is 11.6 Å². The highest BCUT2D eigenvalue weighted by Crippen LogP contribution is 2.13. The highest BCUT2D eigenvalue weighted by molar-refractivity contribution is 6.30. The minimum atomic E-state index is -0.186. The lowest BCUT2D eigenvalue weighted by Gasteiger charge is -2.33. The zero-order chi connectivity index (χ0) is 16.7. The van der Waals surface area contributed by atoms with E-state index < -0.39 is 0 Å². The molecule has 1 unspecified atom stereocenters. The lowest BCUT2D eigenvalue weighted by molar-refractivity contribution is -0.150. The third kappa shape index (κ3) is 6.90. The van der Waals surface area contributed by atoms with Crippen molar-refractivity contribution < 1.29 is 14.3 Å². The molecule has 1 heterocycles. The number of esters is 1. The second-order valence-corrected chi connectivity index (χ2v) is 6.90. The smallest absolute Gasteiger partial charge is 0.306 e. The average molecular weight is 340 g/mol. The molecule has 1 aliphatic rings. The number of morpholine rings is 1. The van der Waals surface area contributed by atoms with Crippen LogP contribution in [0, 0.1) is 5.92 Å². The minimum absolute atomic E-state index is 0.0161. The highest BCUT2D eigenvalue weighted by Gasteiger charge is 2.22. The van der Waals surface area contributed by atoms with E-state index in [2.05, 4.69) is 18.7 Å². The van der Waals surface area contributed by atoms with Gasteiger partial charge in [-0.25, -0.2) is 0 Å². The maximum absolute atomic E-state index is 11.9. The molecule has 0 spiro atoms. The number of ether oxygens (including phenoxy) is 2. The predicted molar refractivity (Wildman–Crippen MR) is 91.8 cm³/mol. The number of benzene rings is 1. The third-order valence-electron chi connectivity index (χ3n) is 3.78. The fourth-order valence-corrected chi connectivity index (χ4v) is 2.97. The number of hydrogen-bond donors (Lipinski definition) is 0. The summed E-state index contributed by atoms with van der Waals surface area (Å²) in [5, 5.41) is 0.691. The first-order valence-corrected chi connectivity index (χ1v) is 8.64. The normalized spacial score (nSPS) is 19.0. The van der Waals surface area contributed by atoms with Crippen LogP contribution in [0.4, 0.5) is 0 Å². The Balaban J connectivity index is 1.67. The van der Waals surface area contributed by atoms with Gasteiger partial charge in [0.25, 0.3) is 0 Å². The van der Waals surface area contributed by atoms with Crippen LogP contribution in [0.15, 0.2) is 24.3 Å². The molecule has 23 heavy (non-hydrogen) atoms. The van der Waals surface area contributed by atoms with Gasteiger partial charge in [0.1, 0.15) is 12.7 Å². The Labute approximate surface area is 143 Å². The molecule has 0 bridgehead atoms. The molecule has 1 aliphatic heterocycles. The van der Waals surface area contributed by atoms with Crippen LogP contribution < -0.4 is 0 Å². The number of carbonyl (C=O) groups is 1. The van der Waals surface area contributed by atoms with Gasteiger partial charge >= 0.3 is 5.97 Å². The Morgan fingerprint density at radius 2 is 2.30 bits per heavy atom. The summed E-state index contributed by atoms with van der Waals surface area (Å²) in [6.45, 7) is 8.31. The fourth-order valence-electron chi connectivity index (χ4n) is 2.76. The van der Waals surface area contributed by atoms with Crippen LogP contribution in [0.1, 0.15) is 25.8 Å². The summed E-state index contributed by atoms with van der Waals surface area (Å²) in [4.78, 5) is 14.3. The van der Waals surface area contributed by atoms with Gasteiger partial charge in [-0.2, -0.15) is 0 Å². The second kappa shape index (κ2) is 9.26. The average Bonchev–Trinajstić information content (AvgIpc) is 2.51. The molecule has 1 fully saturated rings. The fraction of sp³-hybridized carbons (Fsp3) is 0.611. The first-order chi connectivity index (χ1) is 11.0. The van der Waals surface area contributed by atoms with E-state index in [0.717, 1.165) is 25.2 Å². The summed E-state index contributed by atoms with van der Waals surface area (Å²) < 4.78 is 11.0. The van der Waals surface area contributed by atoms with Gasteiger partial charge in [-0.15, -0.1) is 0 Å². The number of carbonyl (C=O) groups excluding carboxylic acids is 1. The summed E-state index contributed by atoms with van der Waals surface area (Å²) in [6.07, 6.45) is 0.991. The van der Waals surface area contributed by atoms with Crippen LogP contribution in [0.2, 0.25) is 5.02 Å². The monoisotopic (exact) mass is 339 g/mol. The van der Waals surface area contributed by atoms with Crippen LogP contribution in [0.3, 0.4) is 0 Å². The largest absolute Gasteiger partial charge is 0.463 e. The van der Waals surface area contributed by atoms with E-state index in [0.29, 0.717) is 37.0 Å². The molecule has 0 amide bonds. The number of nitrogens with zero attached hydrogens (tertiary/aromatic N) is 1. The van der Waals surface area contributed by atoms with Crippen molar-refractivity contribution >= 4 is 17.6 Å². The number of rotatable bonds is 7. The molecule has 0 aliphatic carbocycles. The first kappa shape index (κ1) is 18.2. The molecule has 5 heteroatoms. The molecule has 0 aromatic heterocycles. The van der Waals surface area contributed by atoms with E-state index in [1.54, 1.807) is 0 Å². The molecule has 0 saturated carbocycles. The summed E-state index contributed by atoms with van der Waals surface area (Å²) in [5.74, 6) is 0.448. The quantitative estimate of drug-likeness (QED) is 0.715. The maximum Gasteiger partial charge on any atom is 0.306 e. The van der Waals surface area contributed by atoms with Crippen molar-refractivity contribution in [3.8, 4) is 0 Å². The molecule has 1 atom stereocenters. The van der Waals surface area contributed by atoms with Crippen LogP contribution in [0.5, 0.6) is 0 Å². The molecule has 128 valence electrons. The molecule has 1 aromatic carbocycles. The lowest BCUT2D eigenvalue weighted by atomic mass is 10.1. The zero-order valence-electron chi connectivity index (χ0n) is 14.0. The predicted octanol–water partition coefficient (Wildman–Crippen LogP) is 3.17. The summed E-state index contributed by atoms with van der Waals surface area (Å²) in [5.41, 5.74) is 1.05. The van der Waals surface area contributed by atoms with Gasteiger partial charge < -0.3 is 9.47 Å². The topological polar surface area (TPSA) is 38.8 Å². The van der Waals surface area contributed by atoms with E-state index in [9.17, 15) is 4.79 Å². The van der Waals surface area contributed by atoms with Crippen molar-refractivity contribution in [1.82, 2.24) is 4.90 Å². The van der Waals surface area contributed by atoms with E-state index in [1.165, 1.54) is 0 Å². The molecule has 0 radical (unpaired) electrons. The summed E-state index contributed by atoms with van der Waals surface area (Å²) >= 11 is 5.94. The van der Waals surface area contributed by atoms with Crippen LogP contribution in [-0.2, 0) is 20.7 Å². The van der Waals surface area contributed by atoms with Crippen molar-refractivity contribution in [3.05, 3.63) is 34.9 Å². The molecule has 0 N–H and O–H groups in total. The Hall–Kier alpha value is -1.10. The van der Waals surface area contributed by atoms with Gasteiger partial charge in [0.15, 0.2) is 0 Å². The zero-order valence-corrected chi connectivity index (χ0v) is 14.7.